The van der Waals surface area contributed by atoms with Crippen LogP contribution in [0.1, 0.15) is 35.3 Å². The first-order valence-electron chi connectivity index (χ1n) is 8.92. The number of nitrogens with one attached hydrogen (secondary N) is 1. The average Bonchev–Trinajstić information content (AvgIpc) is 2.68. The maximum atomic E-state index is 13.8. The summed E-state index contributed by atoms with van der Waals surface area (Å²) in [6, 6.07) is 13.1. The lowest BCUT2D eigenvalue weighted by Gasteiger charge is -2.18. The number of benzene rings is 2. The number of carbonyl (C=O) groups is 1. The fourth-order valence-electron chi connectivity index (χ4n) is 2.62. The fraction of sp³-hybridized carbons (Fsp3) is 0.182. The van der Waals surface area contributed by atoms with E-state index < -0.39 is 23.1 Å². The Morgan fingerprint density at radius 2 is 1.86 bits per heavy atom. The Morgan fingerprint density at radius 1 is 1.14 bits per heavy atom. The molecule has 1 aromatic heterocycles. The van der Waals surface area contributed by atoms with Crippen molar-refractivity contribution in [1.29, 1.82) is 0 Å². The summed E-state index contributed by atoms with van der Waals surface area (Å²) in [5.41, 5.74) is 0.766. The lowest BCUT2D eigenvalue weighted by Crippen LogP contribution is -2.23. The zero-order valence-electron chi connectivity index (χ0n) is 15.9. The van der Waals surface area contributed by atoms with Crippen LogP contribution in [-0.4, -0.2) is 16.0 Å². The molecule has 0 saturated carbocycles. The smallest absolute Gasteiger partial charge is 0.257 e. The highest BCUT2D eigenvalue weighted by Crippen LogP contribution is 2.26. The summed E-state index contributed by atoms with van der Waals surface area (Å²) in [6.07, 6.45) is 1.41. The number of ether oxygens (including phenoxy) is 1. The van der Waals surface area contributed by atoms with Crippen molar-refractivity contribution >= 4 is 5.91 Å². The van der Waals surface area contributed by atoms with E-state index >= 15 is 0 Å². The van der Waals surface area contributed by atoms with Gasteiger partial charge >= 0.3 is 0 Å². The largest absolute Gasteiger partial charge is 0.435 e. The van der Waals surface area contributed by atoms with E-state index in [1.807, 2.05) is 12.1 Å². The van der Waals surface area contributed by atoms with Crippen LogP contribution in [0.4, 0.5) is 8.78 Å². The monoisotopic (exact) mass is 398 g/mol. The van der Waals surface area contributed by atoms with Crippen molar-refractivity contribution in [2.75, 3.05) is 0 Å². The van der Waals surface area contributed by atoms with E-state index in [-0.39, 0.29) is 23.7 Å². The van der Waals surface area contributed by atoms with Gasteiger partial charge in [0.2, 0.25) is 5.88 Å². The minimum absolute atomic E-state index is 0.0899. The first kappa shape index (κ1) is 20.4. The van der Waals surface area contributed by atoms with Gasteiger partial charge < -0.3 is 15.2 Å². The average molecular weight is 398 g/mol. The Hall–Kier alpha value is -3.32. The summed E-state index contributed by atoms with van der Waals surface area (Å²) in [4.78, 5) is 16.6. The number of rotatable bonds is 6. The summed E-state index contributed by atoms with van der Waals surface area (Å²) in [7, 11) is 0. The number of pyridine rings is 1. The number of hydrogen-bond donors (Lipinski definition) is 2. The normalized spacial score (nSPS) is 11.2. The summed E-state index contributed by atoms with van der Waals surface area (Å²) in [5, 5.41) is 12.7. The standard InChI is InChI=1S/C22H20F2N2O3/c1-22(2,28)15-7-5-14(6-8-15)13-26-20(27)17-4-3-11-25-21(17)29-19-10-9-16(23)12-18(19)24/h3-12,28H,13H2,1-2H3,(H,26,27). The molecule has 7 heteroatoms. The molecule has 0 fully saturated rings. The van der Waals surface area contributed by atoms with Gasteiger partial charge in [-0.25, -0.2) is 13.8 Å². The van der Waals surface area contributed by atoms with E-state index in [0.717, 1.165) is 23.3 Å². The zero-order valence-corrected chi connectivity index (χ0v) is 15.9. The van der Waals surface area contributed by atoms with Crippen molar-refractivity contribution in [2.45, 2.75) is 26.0 Å². The Kier molecular flexibility index (Phi) is 5.89. The van der Waals surface area contributed by atoms with Gasteiger partial charge in [0.05, 0.1) is 5.60 Å². The zero-order chi connectivity index (χ0) is 21.0. The van der Waals surface area contributed by atoms with Gasteiger partial charge in [-0.05, 0) is 49.2 Å². The van der Waals surface area contributed by atoms with E-state index in [1.165, 1.54) is 12.3 Å². The molecule has 1 heterocycles. The third-order valence-corrected chi connectivity index (χ3v) is 4.23. The first-order chi connectivity index (χ1) is 13.7. The molecule has 0 aliphatic rings. The number of halogens is 2. The molecule has 2 N–H and O–H groups in total. The van der Waals surface area contributed by atoms with E-state index in [1.54, 1.807) is 32.0 Å². The van der Waals surface area contributed by atoms with Crippen LogP contribution in [0.15, 0.2) is 60.8 Å². The van der Waals surface area contributed by atoms with Gasteiger partial charge in [0.15, 0.2) is 11.6 Å². The van der Waals surface area contributed by atoms with Gasteiger partial charge in [0.1, 0.15) is 11.4 Å². The van der Waals surface area contributed by atoms with Crippen molar-refractivity contribution < 1.29 is 23.4 Å². The minimum Gasteiger partial charge on any atom is -0.435 e. The van der Waals surface area contributed by atoms with Gasteiger partial charge in [0, 0.05) is 18.8 Å². The third-order valence-electron chi connectivity index (χ3n) is 4.23. The van der Waals surface area contributed by atoms with Crippen molar-refractivity contribution in [3.05, 3.63) is 89.1 Å². The molecule has 29 heavy (non-hydrogen) atoms. The maximum Gasteiger partial charge on any atom is 0.257 e. The molecule has 0 radical (unpaired) electrons. The van der Waals surface area contributed by atoms with Crippen molar-refractivity contribution in [2.24, 2.45) is 0 Å². The van der Waals surface area contributed by atoms with Crippen LogP contribution in [0.5, 0.6) is 11.6 Å². The number of aliphatic hydroxyl groups is 1. The van der Waals surface area contributed by atoms with Gasteiger partial charge in [-0.1, -0.05) is 24.3 Å². The molecule has 5 nitrogen and oxygen atoms in total. The molecule has 2 aromatic carbocycles. The number of carbonyl (C=O) groups excluding carboxylic acids is 1. The van der Waals surface area contributed by atoms with E-state index in [0.29, 0.717) is 6.07 Å². The molecule has 3 aromatic rings. The quantitative estimate of drug-likeness (QED) is 0.649. The van der Waals surface area contributed by atoms with Crippen molar-refractivity contribution in [3.8, 4) is 11.6 Å². The number of aromatic nitrogens is 1. The number of amides is 1. The lowest BCUT2D eigenvalue weighted by atomic mass is 9.97. The van der Waals surface area contributed by atoms with Crippen LogP contribution < -0.4 is 10.1 Å². The highest BCUT2D eigenvalue weighted by Gasteiger charge is 2.17. The van der Waals surface area contributed by atoms with Crippen LogP contribution in [0, 0.1) is 11.6 Å². The third kappa shape index (κ3) is 5.14. The van der Waals surface area contributed by atoms with Crippen LogP contribution in [0.2, 0.25) is 0 Å². The predicted octanol–water partition coefficient (Wildman–Crippen LogP) is 4.31. The molecular weight excluding hydrogens is 378 g/mol. The summed E-state index contributed by atoms with van der Waals surface area (Å²) < 4.78 is 32.3. The van der Waals surface area contributed by atoms with Crippen LogP contribution in [0.3, 0.4) is 0 Å². The van der Waals surface area contributed by atoms with Crippen LogP contribution in [0.25, 0.3) is 0 Å². The molecule has 0 atom stereocenters. The summed E-state index contributed by atoms with van der Waals surface area (Å²) in [6.45, 7) is 3.62. The highest BCUT2D eigenvalue weighted by molar-refractivity contribution is 5.96. The van der Waals surface area contributed by atoms with Gasteiger partial charge in [-0.2, -0.15) is 0 Å². The molecule has 1 amide bonds. The van der Waals surface area contributed by atoms with Crippen molar-refractivity contribution in [1.82, 2.24) is 10.3 Å². The molecule has 0 aliphatic carbocycles. The Bertz CT molecular complexity index is 1020. The second-order valence-corrected chi connectivity index (χ2v) is 6.97. The summed E-state index contributed by atoms with van der Waals surface area (Å²) in [5.74, 6) is -2.41. The molecule has 0 bridgehead atoms. The summed E-state index contributed by atoms with van der Waals surface area (Å²) >= 11 is 0. The topological polar surface area (TPSA) is 71.5 Å². The molecule has 150 valence electrons. The molecule has 3 rings (SSSR count). The highest BCUT2D eigenvalue weighted by atomic mass is 19.1. The number of nitrogens with zero attached hydrogens (tertiary/aromatic N) is 1. The Morgan fingerprint density at radius 3 is 2.52 bits per heavy atom. The second kappa shape index (κ2) is 8.36. The van der Waals surface area contributed by atoms with Gasteiger partial charge in [-0.15, -0.1) is 0 Å². The molecule has 0 spiro atoms. The van der Waals surface area contributed by atoms with Gasteiger partial charge in [0.25, 0.3) is 5.91 Å². The van der Waals surface area contributed by atoms with Crippen LogP contribution >= 0.6 is 0 Å². The van der Waals surface area contributed by atoms with E-state index in [4.69, 9.17) is 4.74 Å². The Balaban J connectivity index is 1.71. The Labute approximate surface area is 167 Å². The lowest BCUT2D eigenvalue weighted by molar-refractivity contribution is 0.0785. The first-order valence-corrected chi connectivity index (χ1v) is 8.92. The molecular formula is C22H20F2N2O3. The molecule has 0 saturated heterocycles. The van der Waals surface area contributed by atoms with Gasteiger partial charge in [-0.3, -0.25) is 4.79 Å². The molecule has 0 aliphatic heterocycles. The predicted molar refractivity (Wildman–Crippen MR) is 104 cm³/mol. The SMILES string of the molecule is CC(C)(O)c1ccc(CNC(=O)c2cccnc2Oc2ccc(F)cc2F)cc1. The number of hydrogen-bond acceptors (Lipinski definition) is 4. The van der Waals surface area contributed by atoms with E-state index in [9.17, 15) is 18.7 Å². The fourth-order valence-corrected chi connectivity index (χ4v) is 2.62. The van der Waals surface area contributed by atoms with E-state index in [2.05, 4.69) is 10.3 Å². The molecule has 0 unspecified atom stereocenters. The minimum atomic E-state index is -0.945. The van der Waals surface area contributed by atoms with Crippen LogP contribution in [-0.2, 0) is 12.1 Å². The second-order valence-electron chi connectivity index (χ2n) is 6.97. The van der Waals surface area contributed by atoms with Crippen molar-refractivity contribution in [3.63, 3.8) is 0 Å². The maximum absolute atomic E-state index is 13.8.